The topological polar surface area (TPSA) is 93.0 Å². The molecule has 0 aliphatic rings. The van der Waals surface area contributed by atoms with Crippen molar-refractivity contribution in [3.8, 4) is 11.3 Å². The standard InChI is InChI=1S/C23H21F3N6O/c1-15(2)31-18(16-8-9-29-20(12-16)23(24,25)26)4-3-5-22(33)32-21-7-6-17(13-30-21)19-14-27-10-11-28-19/h4,6-14H,3,5H2,1-2H3,(H,30,32,33)/b18-4-. The van der Waals surface area contributed by atoms with E-state index >= 15 is 0 Å². The van der Waals surface area contributed by atoms with Crippen LogP contribution in [0.1, 0.15) is 37.9 Å². The van der Waals surface area contributed by atoms with Crippen molar-refractivity contribution in [1.82, 2.24) is 19.9 Å². The Morgan fingerprint density at radius 3 is 2.52 bits per heavy atom. The number of carbonyl (C=O) groups is 1. The van der Waals surface area contributed by atoms with Gasteiger partial charge in [0.25, 0.3) is 0 Å². The molecule has 0 saturated heterocycles. The van der Waals surface area contributed by atoms with Crippen LogP contribution in [-0.2, 0) is 11.0 Å². The maximum Gasteiger partial charge on any atom is 0.433 e. The van der Waals surface area contributed by atoms with Crippen LogP contribution in [0.4, 0.5) is 19.0 Å². The zero-order chi connectivity index (χ0) is 23.8. The molecule has 33 heavy (non-hydrogen) atoms. The molecule has 170 valence electrons. The highest BCUT2D eigenvalue weighted by atomic mass is 19.4. The number of nitrogens with zero attached hydrogens (tertiary/aromatic N) is 5. The summed E-state index contributed by atoms with van der Waals surface area (Å²) < 4.78 is 39.0. The van der Waals surface area contributed by atoms with Gasteiger partial charge in [0, 0.05) is 48.0 Å². The van der Waals surface area contributed by atoms with E-state index in [9.17, 15) is 18.0 Å². The van der Waals surface area contributed by atoms with E-state index in [1.165, 1.54) is 6.07 Å². The number of hydrogen-bond acceptors (Lipinski definition) is 6. The molecule has 0 spiro atoms. The number of nitrogens with one attached hydrogen (secondary N) is 1. The van der Waals surface area contributed by atoms with Gasteiger partial charge >= 0.3 is 6.18 Å². The van der Waals surface area contributed by atoms with E-state index in [0.29, 0.717) is 22.9 Å². The van der Waals surface area contributed by atoms with E-state index in [0.717, 1.165) is 17.8 Å². The number of aromatic nitrogens is 4. The average Bonchev–Trinajstić information content (AvgIpc) is 2.79. The lowest BCUT2D eigenvalue weighted by atomic mass is 10.1. The number of carbonyl (C=O) groups excluding carboxylic acids is 1. The van der Waals surface area contributed by atoms with Gasteiger partial charge in [0.15, 0.2) is 0 Å². The van der Waals surface area contributed by atoms with Crippen LogP contribution in [0.3, 0.4) is 0 Å². The van der Waals surface area contributed by atoms with E-state index in [1.807, 2.05) is 0 Å². The molecular formula is C23H21F3N6O. The molecule has 7 nitrogen and oxygen atoms in total. The number of halogens is 3. The van der Waals surface area contributed by atoms with Crippen molar-refractivity contribution in [3.05, 3.63) is 72.6 Å². The first kappa shape index (κ1) is 23.7. The second-order valence-corrected chi connectivity index (χ2v) is 7.19. The van der Waals surface area contributed by atoms with E-state index in [4.69, 9.17) is 0 Å². The smallest absolute Gasteiger partial charge is 0.311 e. The number of rotatable bonds is 7. The maximum atomic E-state index is 13.0. The number of allylic oxidation sites excluding steroid dienone is 1. The Morgan fingerprint density at radius 1 is 1.06 bits per heavy atom. The van der Waals surface area contributed by atoms with E-state index in [2.05, 4.69) is 30.2 Å². The predicted octanol–water partition coefficient (Wildman–Crippen LogP) is 5.19. The molecule has 3 heterocycles. The zero-order valence-corrected chi connectivity index (χ0v) is 18.0. The van der Waals surface area contributed by atoms with Crippen molar-refractivity contribution in [2.24, 2.45) is 4.99 Å². The van der Waals surface area contributed by atoms with Crippen LogP contribution < -0.4 is 5.32 Å². The lowest BCUT2D eigenvalue weighted by molar-refractivity contribution is -0.141. The van der Waals surface area contributed by atoms with Gasteiger partial charge in [-0.2, -0.15) is 13.2 Å². The second-order valence-electron chi connectivity index (χ2n) is 7.19. The number of pyridine rings is 2. The summed E-state index contributed by atoms with van der Waals surface area (Å²) in [6, 6.07) is 5.83. The van der Waals surface area contributed by atoms with Crippen molar-refractivity contribution in [3.63, 3.8) is 0 Å². The van der Waals surface area contributed by atoms with Gasteiger partial charge in [-0.3, -0.25) is 24.7 Å². The Kier molecular flexibility index (Phi) is 7.60. The minimum Gasteiger partial charge on any atom is -0.311 e. The fraction of sp³-hybridized carbons (Fsp3) is 0.217. The number of hydrogen-bond donors (Lipinski definition) is 1. The van der Waals surface area contributed by atoms with Gasteiger partial charge in [-0.15, -0.1) is 0 Å². The number of alkyl halides is 3. The number of anilines is 1. The normalized spacial score (nSPS) is 11.7. The highest BCUT2D eigenvalue weighted by molar-refractivity contribution is 5.90. The monoisotopic (exact) mass is 454 g/mol. The maximum absolute atomic E-state index is 13.0. The summed E-state index contributed by atoms with van der Waals surface area (Å²) in [5, 5.41) is 2.69. The van der Waals surface area contributed by atoms with Crippen LogP contribution in [0.15, 0.2) is 66.3 Å². The largest absolute Gasteiger partial charge is 0.433 e. The summed E-state index contributed by atoms with van der Waals surface area (Å²) in [7, 11) is 0. The van der Waals surface area contributed by atoms with Crippen molar-refractivity contribution in [1.29, 1.82) is 0 Å². The van der Waals surface area contributed by atoms with Crippen LogP contribution in [-0.4, -0.2) is 31.6 Å². The average molecular weight is 454 g/mol. The Balaban J connectivity index is 1.65. The third-order valence-corrected chi connectivity index (χ3v) is 4.29. The fourth-order valence-corrected chi connectivity index (χ4v) is 2.83. The molecule has 0 fully saturated rings. The highest BCUT2D eigenvalue weighted by Crippen LogP contribution is 2.29. The van der Waals surface area contributed by atoms with Crippen molar-refractivity contribution < 1.29 is 18.0 Å². The zero-order valence-electron chi connectivity index (χ0n) is 18.0. The molecule has 0 unspecified atom stereocenters. The van der Waals surface area contributed by atoms with E-state index < -0.39 is 11.9 Å². The van der Waals surface area contributed by atoms with Gasteiger partial charge in [0.2, 0.25) is 5.91 Å². The molecular weight excluding hydrogens is 433 g/mol. The molecule has 3 aromatic heterocycles. The lowest BCUT2D eigenvalue weighted by Crippen LogP contribution is -2.11. The second kappa shape index (κ2) is 10.6. The van der Waals surface area contributed by atoms with Gasteiger partial charge in [0.05, 0.1) is 17.6 Å². The Labute approximate surface area is 188 Å². The molecule has 0 radical (unpaired) electrons. The fourth-order valence-electron chi connectivity index (χ4n) is 2.83. The van der Waals surface area contributed by atoms with Crippen LogP contribution >= 0.6 is 0 Å². The summed E-state index contributed by atoms with van der Waals surface area (Å²) in [6.07, 6.45) is 4.89. The summed E-state index contributed by atoms with van der Waals surface area (Å²) >= 11 is 0. The SMILES string of the molecule is CC(C)=N/C(=C\CCC(=O)Nc1ccc(-c2cnccn2)cn1)c1ccnc(C(F)(F)F)c1. The van der Waals surface area contributed by atoms with Crippen LogP contribution in [0.2, 0.25) is 0 Å². The summed E-state index contributed by atoms with van der Waals surface area (Å²) in [4.78, 5) is 32.4. The molecule has 0 saturated carbocycles. The van der Waals surface area contributed by atoms with Crippen LogP contribution in [0.5, 0.6) is 0 Å². The Hall–Kier alpha value is -3.95. The molecule has 3 rings (SSSR count). The Morgan fingerprint density at radius 2 is 1.88 bits per heavy atom. The molecule has 0 bridgehead atoms. The van der Waals surface area contributed by atoms with E-state index in [-0.39, 0.29) is 24.3 Å². The molecule has 0 aliphatic carbocycles. The van der Waals surface area contributed by atoms with Crippen molar-refractivity contribution in [2.45, 2.75) is 32.9 Å². The number of amides is 1. The quantitative estimate of drug-likeness (QED) is 0.496. The lowest BCUT2D eigenvalue weighted by Gasteiger charge is -2.09. The van der Waals surface area contributed by atoms with Crippen molar-refractivity contribution in [2.75, 3.05) is 5.32 Å². The third kappa shape index (κ3) is 7.03. The minimum atomic E-state index is -4.55. The molecule has 1 amide bonds. The van der Waals surface area contributed by atoms with Crippen LogP contribution in [0.25, 0.3) is 17.0 Å². The van der Waals surface area contributed by atoms with Crippen molar-refractivity contribution >= 4 is 23.1 Å². The number of aliphatic imine (C=N–C) groups is 1. The molecule has 10 heteroatoms. The summed E-state index contributed by atoms with van der Waals surface area (Å²) in [5.74, 6) is 0.0940. The first-order valence-electron chi connectivity index (χ1n) is 10.0. The van der Waals surface area contributed by atoms with Gasteiger partial charge in [-0.25, -0.2) is 4.98 Å². The molecule has 1 N–H and O–H groups in total. The highest BCUT2D eigenvalue weighted by Gasteiger charge is 2.32. The van der Waals surface area contributed by atoms with Gasteiger partial charge in [0.1, 0.15) is 11.5 Å². The molecule has 0 aromatic carbocycles. The molecule has 3 aromatic rings. The van der Waals surface area contributed by atoms with Gasteiger partial charge in [-0.1, -0.05) is 6.08 Å². The molecule has 0 aliphatic heterocycles. The predicted molar refractivity (Wildman–Crippen MR) is 119 cm³/mol. The Bertz CT molecular complexity index is 1150. The first-order chi connectivity index (χ1) is 15.7. The van der Waals surface area contributed by atoms with Crippen LogP contribution in [0, 0.1) is 0 Å². The summed E-state index contributed by atoms with van der Waals surface area (Å²) in [6.45, 7) is 3.48. The van der Waals surface area contributed by atoms with Gasteiger partial charge < -0.3 is 5.32 Å². The van der Waals surface area contributed by atoms with Gasteiger partial charge in [-0.05, 0) is 44.5 Å². The van der Waals surface area contributed by atoms with E-state index in [1.54, 1.807) is 56.8 Å². The first-order valence-corrected chi connectivity index (χ1v) is 10.0. The molecule has 0 atom stereocenters. The summed E-state index contributed by atoms with van der Waals surface area (Å²) in [5.41, 5.74) is 1.73. The third-order valence-electron chi connectivity index (χ3n) is 4.29. The minimum absolute atomic E-state index is 0.104.